The fourth-order valence-electron chi connectivity index (χ4n) is 3.66. The number of thioether (sulfide) groups is 1. The molecule has 1 atom stereocenters. The highest BCUT2D eigenvalue weighted by atomic mass is 32.2. The number of aromatic nitrogens is 2. The molecular weight excluding hydrogens is 466 g/mol. The first kappa shape index (κ1) is 26.4. The highest BCUT2D eigenvalue weighted by Gasteiger charge is 2.16. The summed E-state index contributed by atoms with van der Waals surface area (Å²) in [6.07, 6.45) is 1.58. The first-order valence-electron chi connectivity index (χ1n) is 11.5. The Morgan fingerprint density at radius 1 is 1.14 bits per heavy atom. The van der Waals surface area contributed by atoms with E-state index in [9.17, 15) is 14.4 Å². The molecule has 0 fully saturated rings. The Hall–Kier alpha value is -3.17. The molecule has 0 aliphatic carbocycles. The molecule has 8 nitrogen and oxygen atoms in total. The third-order valence-electron chi connectivity index (χ3n) is 5.67. The fraction of sp³-hybridized carbons (Fsp3) is 0.385. The topological polar surface area (TPSA) is 99.5 Å². The van der Waals surface area contributed by atoms with Crippen molar-refractivity contribution >= 4 is 34.5 Å². The van der Waals surface area contributed by atoms with E-state index in [0.717, 1.165) is 12.0 Å². The lowest BCUT2D eigenvalue weighted by atomic mass is 10.1. The molecule has 186 valence electrons. The van der Waals surface area contributed by atoms with Crippen LogP contribution in [0.1, 0.15) is 47.8 Å². The van der Waals surface area contributed by atoms with Crippen LogP contribution in [0.15, 0.2) is 52.4 Å². The van der Waals surface area contributed by atoms with Gasteiger partial charge in [-0.15, -0.1) is 0 Å². The molecule has 0 saturated heterocycles. The summed E-state index contributed by atoms with van der Waals surface area (Å²) >= 11 is 1.19. The fourth-order valence-corrected chi connectivity index (χ4v) is 4.49. The molecule has 0 aliphatic rings. The van der Waals surface area contributed by atoms with Gasteiger partial charge >= 0.3 is 5.97 Å². The third-order valence-corrected chi connectivity index (χ3v) is 6.65. The number of hydrogen-bond donors (Lipinski definition) is 1. The van der Waals surface area contributed by atoms with Crippen molar-refractivity contribution in [3.8, 4) is 0 Å². The van der Waals surface area contributed by atoms with Crippen molar-refractivity contribution in [1.82, 2.24) is 14.9 Å². The molecule has 1 aromatic heterocycles. The average Bonchev–Trinajstić information content (AvgIpc) is 2.88. The lowest BCUT2D eigenvalue weighted by Gasteiger charge is -2.16. The Labute approximate surface area is 209 Å². The van der Waals surface area contributed by atoms with Crippen molar-refractivity contribution in [2.45, 2.75) is 44.4 Å². The van der Waals surface area contributed by atoms with E-state index >= 15 is 0 Å². The molecule has 3 aromatic rings. The first-order valence-corrected chi connectivity index (χ1v) is 12.5. The summed E-state index contributed by atoms with van der Waals surface area (Å²) in [5, 5.41) is 3.81. The van der Waals surface area contributed by atoms with E-state index in [-0.39, 0.29) is 23.3 Å². The van der Waals surface area contributed by atoms with Crippen molar-refractivity contribution in [3.05, 3.63) is 69.5 Å². The van der Waals surface area contributed by atoms with Crippen LogP contribution in [0.5, 0.6) is 0 Å². The molecule has 1 amide bonds. The van der Waals surface area contributed by atoms with Crippen molar-refractivity contribution < 1.29 is 19.1 Å². The van der Waals surface area contributed by atoms with Gasteiger partial charge in [0, 0.05) is 20.3 Å². The molecule has 0 aliphatic heterocycles. The second kappa shape index (κ2) is 12.5. The number of benzene rings is 2. The highest BCUT2D eigenvalue weighted by molar-refractivity contribution is 7.99. The largest absolute Gasteiger partial charge is 0.465 e. The van der Waals surface area contributed by atoms with Gasteiger partial charge < -0.3 is 14.8 Å². The van der Waals surface area contributed by atoms with Gasteiger partial charge in [0.05, 0.1) is 35.4 Å². The maximum atomic E-state index is 13.2. The lowest BCUT2D eigenvalue weighted by Crippen LogP contribution is -2.29. The number of amides is 1. The number of carbonyl (C=O) groups is 2. The SMILES string of the molecule is CCc1ccc(C(C)NC(=O)CSc2nc3cc(C(=O)OC)ccc3c(=O)n2CCCOC)cc1. The predicted molar refractivity (Wildman–Crippen MR) is 137 cm³/mol. The minimum atomic E-state index is -0.507. The van der Waals surface area contributed by atoms with E-state index in [1.54, 1.807) is 23.8 Å². The van der Waals surface area contributed by atoms with Gasteiger partial charge in [0.2, 0.25) is 5.91 Å². The third kappa shape index (κ3) is 6.70. The number of aryl methyl sites for hydroxylation is 1. The summed E-state index contributed by atoms with van der Waals surface area (Å²) in [5.74, 6) is -0.577. The molecule has 0 radical (unpaired) electrons. The zero-order valence-electron chi connectivity index (χ0n) is 20.5. The Kier molecular flexibility index (Phi) is 9.45. The maximum absolute atomic E-state index is 13.2. The molecule has 0 bridgehead atoms. The maximum Gasteiger partial charge on any atom is 0.337 e. The van der Waals surface area contributed by atoms with Gasteiger partial charge in [-0.1, -0.05) is 43.0 Å². The molecule has 1 N–H and O–H groups in total. The Bertz CT molecular complexity index is 1240. The van der Waals surface area contributed by atoms with Crippen LogP contribution in [0.2, 0.25) is 0 Å². The molecule has 3 rings (SSSR count). The number of rotatable bonds is 11. The van der Waals surface area contributed by atoms with Crippen LogP contribution in [-0.2, 0) is 27.2 Å². The number of nitrogens with one attached hydrogen (secondary N) is 1. The zero-order chi connectivity index (χ0) is 25.4. The Morgan fingerprint density at radius 3 is 2.54 bits per heavy atom. The van der Waals surface area contributed by atoms with E-state index in [0.29, 0.717) is 41.2 Å². The predicted octanol–water partition coefficient (Wildman–Crippen LogP) is 3.75. The standard InChI is InChI=1S/C26H31N3O5S/c1-5-18-7-9-19(10-8-18)17(2)27-23(30)16-35-26-28-22-15-20(25(32)34-4)11-12-21(22)24(31)29(26)13-6-14-33-3/h7-12,15,17H,5-6,13-14,16H2,1-4H3,(H,27,30). The van der Waals surface area contributed by atoms with Crippen molar-refractivity contribution in [1.29, 1.82) is 0 Å². The average molecular weight is 498 g/mol. The summed E-state index contributed by atoms with van der Waals surface area (Å²) in [6, 6.07) is 12.7. The van der Waals surface area contributed by atoms with Crippen LogP contribution in [-0.4, -0.2) is 48.0 Å². The van der Waals surface area contributed by atoms with Gasteiger partial charge in [0.15, 0.2) is 5.16 Å². The van der Waals surface area contributed by atoms with Crippen LogP contribution in [0.4, 0.5) is 0 Å². The van der Waals surface area contributed by atoms with E-state index in [1.165, 1.54) is 30.5 Å². The lowest BCUT2D eigenvalue weighted by molar-refractivity contribution is -0.119. The van der Waals surface area contributed by atoms with E-state index < -0.39 is 5.97 Å². The van der Waals surface area contributed by atoms with Crippen molar-refractivity contribution in [2.24, 2.45) is 0 Å². The monoisotopic (exact) mass is 497 g/mol. The quantitative estimate of drug-likeness (QED) is 0.186. The van der Waals surface area contributed by atoms with Crippen molar-refractivity contribution in [3.63, 3.8) is 0 Å². The summed E-state index contributed by atoms with van der Waals surface area (Å²) in [6.45, 7) is 4.93. The van der Waals surface area contributed by atoms with Gasteiger partial charge in [0.1, 0.15) is 0 Å². The van der Waals surface area contributed by atoms with E-state index in [2.05, 4.69) is 29.4 Å². The molecule has 35 heavy (non-hydrogen) atoms. The molecule has 1 heterocycles. The van der Waals surface area contributed by atoms with E-state index in [1.807, 2.05) is 19.1 Å². The van der Waals surface area contributed by atoms with Crippen LogP contribution in [0.25, 0.3) is 10.9 Å². The molecular formula is C26H31N3O5S. The number of ether oxygens (including phenoxy) is 2. The van der Waals surface area contributed by atoms with Crippen molar-refractivity contribution in [2.75, 3.05) is 26.6 Å². The molecule has 9 heteroatoms. The zero-order valence-corrected chi connectivity index (χ0v) is 21.3. The number of carbonyl (C=O) groups excluding carboxylic acids is 2. The number of fused-ring (bicyclic) bond motifs is 1. The smallest absolute Gasteiger partial charge is 0.337 e. The second-order valence-electron chi connectivity index (χ2n) is 8.09. The number of nitrogens with zero attached hydrogens (tertiary/aromatic N) is 2. The molecule has 0 saturated carbocycles. The van der Waals surface area contributed by atoms with E-state index in [4.69, 9.17) is 9.47 Å². The summed E-state index contributed by atoms with van der Waals surface area (Å²) < 4.78 is 11.5. The number of methoxy groups -OCH3 is 2. The van der Waals surface area contributed by atoms with Gasteiger partial charge in [-0.2, -0.15) is 0 Å². The minimum absolute atomic E-state index is 0.0936. The van der Waals surface area contributed by atoms with Crippen LogP contribution in [0.3, 0.4) is 0 Å². The number of esters is 1. The summed E-state index contributed by atoms with van der Waals surface area (Å²) in [7, 11) is 2.90. The molecule has 1 unspecified atom stereocenters. The van der Waals surface area contributed by atoms with Crippen LogP contribution >= 0.6 is 11.8 Å². The van der Waals surface area contributed by atoms with Gasteiger partial charge in [-0.05, 0) is 49.1 Å². The Morgan fingerprint density at radius 2 is 1.89 bits per heavy atom. The summed E-state index contributed by atoms with van der Waals surface area (Å²) in [4.78, 5) is 42.5. The molecule has 2 aromatic carbocycles. The van der Waals surface area contributed by atoms with Crippen LogP contribution in [0, 0.1) is 0 Å². The minimum Gasteiger partial charge on any atom is -0.465 e. The van der Waals surface area contributed by atoms with Gasteiger partial charge in [-0.25, -0.2) is 9.78 Å². The van der Waals surface area contributed by atoms with Gasteiger partial charge in [-0.3, -0.25) is 14.2 Å². The number of hydrogen-bond acceptors (Lipinski definition) is 7. The van der Waals surface area contributed by atoms with Crippen LogP contribution < -0.4 is 10.9 Å². The summed E-state index contributed by atoms with van der Waals surface area (Å²) in [5.41, 5.74) is 2.73. The Balaban J connectivity index is 1.81. The second-order valence-corrected chi connectivity index (χ2v) is 9.04. The highest BCUT2D eigenvalue weighted by Crippen LogP contribution is 2.20. The normalized spacial score (nSPS) is 11.9. The first-order chi connectivity index (χ1) is 16.9. The van der Waals surface area contributed by atoms with Gasteiger partial charge in [0.25, 0.3) is 5.56 Å². The molecule has 0 spiro atoms.